The van der Waals surface area contributed by atoms with Gasteiger partial charge < -0.3 is 0 Å². The highest BCUT2D eigenvalue weighted by Gasteiger charge is 2.18. The number of benzene rings is 1. The van der Waals surface area contributed by atoms with Gasteiger partial charge in [0.2, 0.25) is 0 Å². The topological polar surface area (TPSA) is 8.81 Å². The predicted molar refractivity (Wildman–Crippen MR) is 126 cm³/mol. The van der Waals surface area contributed by atoms with Crippen molar-refractivity contribution in [2.75, 3.05) is 0 Å². The van der Waals surface area contributed by atoms with Crippen LogP contribution in [-0.4, -0.2) is 4.57 Å². The molecule has 1 heterocycles. The van der Waals surface area contributed by atoms with E-state index >= 15 is 0 Å². The first kappa shape index (κ1) is 23.7. The quantitative estimate of drug-likeness (QED) is 0.190. The van der Waals surface area contributed by atoms with Crippen LogP contribution in [-0.2, 0) is 13.0 Å². The van der Waals surface area contributed by atoms with Crippen molar-refractivity contribution in [2.45, 2.75) is 117 Å². The summed E-state index contributed by atoms with van der Waals surface area (Å²) in [6.07, 6.45) is 25.0. The SMILES string of the molecule is CCCCCCCCCC[n+]1ccn(-c2ccccc2)c1CCCCCCCC. The van der Waals surface area contributed by atoms with Gasteiger partial charge in [-0.3, -0.25) is 0 Å². The zero-order valence-electron chi connectivity index (χ0n) is 19.2. The third-order valence-electron chi connectivity index (χ3n) is 6.05. The maximum absolute atomic E-state index is 2.52. The van der Waals surface area contributed by atoms with Crippen LogP contribution in [0.15, 0.2) is 42.7 Å². The lowest BCUT2D eigenvalue weighted by Crippen LogP contribution is -2.37. The molecule has 0 radical (unpaired) electrons. The minimum Gasteiger partial charge on any atom is -0.234 e. The Morgan fingerprint density at radius 3 is 1.83 bits per heavy atom. The number of hydrogen-bond donors (Lipinski definition) is 0. The summed E-state index contributed by atoms with van der Waals surface area (Å²) in [5.74, 6) is 1.48. The molecule has 0 atom stereocenters. The number of aromatic nitrogens is 2. The molecule has 2 nitrogen and oxygen atoms in total. The standard InChI is InChI=1S/C27H45N2/c1-3-5-7-9-11-12-14-19-23-28-24-25-29(26-20-16-15-17-21-26)27(28)22-18-13-10-8-6-4-2/h15-17,20-21,24-25H,3-14,18-19,22-23H2,1-2H3/q+1. The van der Waals surface area contributed by atoms with Gasteiger partial charge in [-0.05, 0) is 31.4 Å². The summed E-state index contributed by atoms with van der Waals surface area (Å²) in [7, 11) is 0. The summed E-state index contributed by atoms with van der Waals surface area (Å²) in [5.41, 5.74) is 1.29. The van der Waals surface area contributed by atoms with E-state index in [0.29, 0.717) is 0 Å². The molecule has 0 fully saturated rings. The van der Waals surface area contributed by atoms with E-state index in [2.05, 4.69) is 65.7 Å². The van der Waals surface area contributed by atoms with Crippen LogP contribution in [0.5, 0.6) is 0 Å². The number of imidazole rings is 1. The summed E-state index contributed by atoms with van der Waals surface area (Å²) in [6.45, 7) is 5.75. The number of unbranched alkanes of at least 4 members (excludes halogenated alkanes) is 12. The Balaban J connectivity index is 1.85. The van der Waals surface area contributed by atoms with Crippen molar-refractivity contribution in [1.82, 2.24) is 4.57 Å². The molecule has 0 spiro atoms. The molecule has 1 aromatic carbocycles. The number of hydrogen-bond acceptors (Lipinski definition) is 0. The van der Waals surface area contributed by atoms with E-state index in [9.17, 15) is 0 Å². The fraction of sp³-hybridized carbons (Fsp3) is 0.667. The Morgan fingerprint density at radius 2 is 1.21 bits per heavy atom. The van der Waals surface area contributed by atoms with Crippen LogP contribution in [0.25, 0.3) is 5.69 Å². The van der Waals surface area contributed by atoms with Crippen LogP contribution in [0.2, 0.25) is 0 Å². The Hall–Kier alpha value is -1.57. The van der Waals surface area contributed by atoms with E-state index in [1.165, 1.54) is 114 Å². The first-order valence-electron chi connectivity index (χ1n) is 12.5. The highest BCUT2D eigenvalue weighted by Crippen LogP contribution is 2.14. The van der Waals surface area contributed by atoms with Crippen molar-refractivity contribution in [3.05, 3.63) is 48.5 Å². The molecule has 0 aliphatic carbocycles. The van der Waals surface area contributed by atoms with Crippen LogP contribution in [0.1, 0.15) is 110 Å². The molecule has 0 bridgehead atoms. The lowest BCUT2D eigenvalue weighted by Gasteiger charge is -2.06. The minimum absolute atomic E-state index is 1.17. The summed E-state index contributed by atoms with van der Waals surface area (Å²) in [6, 6.07) is 10.9. The molecule has 1 aromatic heterocycles. The molecule has 0 unspecified atom stereocenters. The molecule has 29 heavy (non-hydrogen) atoms. The molecule has 0 saturated heterocycles. The van der Waals surface area contributed by atoms with Crippen molar-refractivity contribution in [1.29, 1.82) is 0 Å². The fourth-order valence-corrected chi connectivity index (χ4v) is 4.23. The number of rotatable bonds is 17. The van der Waals surface area contributed by atoms with E-state index in [4.69, 9.17) is 0 Å². The first-order chi connectivity index (χ1) is 14.4. The minimum atomic E-state index is 1.17. The number of para-hydroxylation sites is 1. The van der Waals surface area contributed by atoms with Gasteiger partial charge >= 0.3 is 0 Å². The molecule has 2 aromatic rings. The van der Waals surface area contributed by atoms with Crippen LogP contribution in [0, 0.1) is 0 Å². The van der Waals surface area contributed by atoms with Gasteiger partial charge in [-0.2, -0.15) is 4.57 Å². The summed E-state index contributed by atoms with van der Waals surface area (Å²) < 4.78 is 4.94. The van der Waals surface area contributed by atoms with E-state index in [1.807, 2.05) is 0 Å². The lowest BCUT2D eigenvalue weighted by molar-refractivity contribution is -0.704. The second kappa shape index (κ2) is 15.3. The van der Waals surface area contributed by atoms with Crippen molar-refractivity contribution in [2.24, 2.45) is 0 Å². The first-order valence-corrected chi connectivity index (χ1v) is 12.5. The summed E-state index contributed by atoms with van der Waals surface area (Å²) >= 11 is 0. The van der Waals surface area contributed by atoms with Gasteiger partial charge in [-0.15, -0.1) is 0 Å². The Bertz CT molecular complexity index is 629. The van der Waals surface area contributed by atoms with E-state index < -0.39 is 0 Å². The van der Waals surface area contributed by atoms with E-state index in [-0.39, 0.29) is 0 Å². The van der Waals surface area contributed by atoms with Crippen molar-refractivity contribution < 1.29 is 4.57 Å². The van der Waals surface area contributed by atoms with Gasteiger partial charge in [0.05, 0.1) is 6.54 Å². The van der Waals surface area contributed by atoms with Crippen molar-refractivity contribution >= 4 is 0 Å². The zero-order valence-corrected chi connectivity index (χ0v) is 19.2. The molecule has 2 rings (SSSR count). The predicted octanol–water partition coefficient (Wildman–Crippen LogP) is 7.81. The highest BCUT2D eigenvalue weighted by molar-refractivity contribution is 5.31. The molecule has 0 N–H and O–H groups in total. The van der Waals surface area contributed by atoms with Gasteiger partial charge in [-0.25, -0.2) is 4.57 Å². The molecular formula is C27H45N2+. The maximum Gasteiger partial charge on any atom is 0.261 e. The van der Waals surface area contributed by atoms with Gasteiger partial charge in [0, 0.05) is 6.42 Å². The van der Waals surface area contributed by atoms with Gasteiger partial charge in [0.1, 0.15) is 18.1 Å². The normalized spacial score (nSPS) is 11.2. The third kappa shape index (κ3) is 9.19. The molecule has 0 saturated carbocycles. The fourth-order valence-electron chi connectivity index (χ4n) is 4.23. The molecule has 0 aliphatic rings. The third-order valence-corrected chi connectivity index (χ3v) is 6.05. The highest BCUT2D eigenvalue weighted by atomic mass is 15.1. The number of aryl methyl sites for hydroxylation is 1. The Morgan fingerprint density at radius 1 is 0.655 bits per heavy atom. The molecule has 0 aliphatic heterocycles. The zero-order chi connectivity index (χ0) is 20.6. The van der Waals surface area contributed by atoms with Crippen LogP contribution in [0.3, 0.4) is 0 Å². The average Bonchev–Trinajstić information content (AvgIpc) is 3.16. The van der Waals surface area contributed by atoms with E-state index in [1.54, 1.807) is 0 Å². The monoisotopic (exact) mass is 397 g/mol. The average molecular weight is 398 g/mol. The van der Waals surface area contributed by atoms with Gasteiger partial charge in [-0.1, -0.05) is 103 Å². The van der Waals surface area contributed by atoms with Crippen LogP contribution >= 0.6 is 0 Å². The number of nitrogens with zero attached hydrogens (tertiary/aromatic N) is 2. The Kier molecular flexibility index (Phi) is 12.5. The van der Waals surface area contributed by atoms with Crippen molar-refractivity contribution in [3.63, 3.8) is 0 Å². The molecule has 2 heteroatoms. The molecule has 162 valence electrons. The second-order valence-electron chi connectivity index (χ2n) is 8.61. The van der Waals surface area contributed by atoms with E-state index in [0.717, 1.165) is 0 Å². The molecule has 0 amide bonds. The lowest BCUT2D eigenvalue weighted by atomic mass is 10.1. The molecular weight excluding hydrogens is 352 g/mol. The van der Waals surface area contributed by atoms with Crippen LogP contribution < -0.4 is 4.57 Å². The van der Waals surface area contributed by atoms with Crippen molar-refractivity contribution in [3.8, 4) is 5.69 Å². The largest absolute Gasteiger partial charge is 0.261 e. The Labute approximate surface area is 180 Å². The van der Waals surface area contributed by atoms with Gasteiger partial charge in [0.15, 0.2) is 0 Å². The second-order valence-corrected chi connectivity index (χ2v) is 8.61. The smallest absolute Gasteiger partial charge is 0.234 e. The summed E-state index contributed by atoms with van der Waals surface area (Å²) in [5, 5.41) is 0. The van der Waals surface area contributed by atoms with Gasteiger partial charge in [0.25, 0.3) is 5.82 Å². The van der Waals surface area contributed by atoms with Crippen LogP contribution in [0.4, 0.5) is 0 Å². The summed E-state index contributed by atoms with van der Waals surface area (Å²) in [4.78, 5) is 0. The maximum atomic E-state index is 2.52.